The van der Waals surface area contributed by atoms with Gasteiger partial charge in [0.05, 0.1) is 15.6 Å². The van der Waals surface area contributed by atoms with Gasteiger partial charge in [-0.25, -0.2) is 0 Å². The van der Waals surface area contributed by atoms with E-state index in [1.165, 1.54) is 25.5 Å². The summed E-state index contributed by atoms with van der Waals surface area (Å²) in [6.45, 7) is 5.06. The molecule has 2 heterocycles. The van der Waals surface area contributed by atoms with Crippen LogP contribution in [-0.4, -0.2) is 42.5 Å². The summed E-state index contributed by atoms with van der Waals surface area (Å²) in [6.07, 6.45) is 3.64. The van der Waals surface area contributed by atoms with Crippen molar-refractivity contribution in [1.82, 2.24) is 4.90 Å². The predicted octanol–water partition coefficient (Wildman–Crippen LogP) is 3.48. The summed E-state index contributed by atoms with van der Waals surface area (Å²) < 4.78 is 0. The predicted molar refractivity (Wildman–Crippen MR) is 88.8 cm³/mol. The zero-order valence-electron chi connectivity index (χ0n) is 13.1. The van der Waals surface area contributed by atoms with Gasteiger partial charge in [-0.1, -0.05) is 11.6 Å². The summed E-state index contributed by atoms with van der Waals surface area (Å²) in [6, 6.07) is 3.77. The Hall–Kier alpha value is -1.33. The van der Waals surface area contributed by atoms with Crippen molar-refractivity contribution in [3.05, 3.63) is 32.8 Å². The summed E-state index contributed by atoms with van der Waals surface area (Å²) in [5.41, 5.74) is 1.93. The van der Waals surface area contributed by atoms with E-state index in [2.05, 4.69) is 16.8 Å². The number of nitrogens with zero attached hydrogens (tertiary/aromatic N) is 3. The number of nitro benzene ring substituents is 1. The van der Waals surface area contributed by atoms with Gasteiger partial charge >= 0.3 is 0 Å². The van der Waals surface area contributed by atoms with E-state index in [1.807, 2.05) is 6.92 Å². The van der Waals surface area contributed by atoms with Crippen molar-refractivity contribution >= 4 is 23.0 Å². The van der Waals surface area contributed by atoms with Crippen LogP contribution < -0.4 is 4.90 Å². The molecule has 2 atom stereocenters. The molecule has 2 unspecified atom stereocenters. The van der Waals surface area contributed by atoms with E-state index < -0.39 is 0 Å². The Kier molecular flexibility index (Phi) is 4.28. The second kappa shape index (κ2) is 6.05. The molecule has 22 heavy (non-hydrogen) atoms. The van der Waals surface area contributed by atoms with E-state index in [-0.39, 0.29) is 10.6 Å². The van der Waals surface area contributed by atoms with Gasteiger partial charge in [-0.3, -0.25) is 10.1 Å². The quantitative estimate of drug-likeness (QED) is 0.617. The van der Waals surface area contributed by atoms with Crippen molar-refractivity contribution in [2.45, 2.75) is 32.2 Å². The lowest BCUT2D eigenvalue weighted by Crippen LogP contribution is -2.52. The van der Waals surface area contributed by atoms with E-state index >= 15 is 0 Å². The number of likely N-dealkylation sites (tertiary alicyclic amines) is 1. The first-order valence-corrected chi connectivity index (χ1v) is 8.25. The maximum absolute atomic E-state index is 10.9. The number of halogens is 1. The fourth-order valence-electron chi connectivity index (χ4n) is 4.08. The van der Waals surface area contributed by atoms with Crippen LogP contribution in [0.4, 0.5) is 11.4 Å². The number of hydrogen-bond donors (Lipinski definition) is 0. The largest absolute Gasteiger partial charge is 0.370 e. The van der Waals surface area contributed by atoms with Crippen LogP contribution in [0.15, 0.2) is 12.1 Å². The molecule has 120 valence electrons. The van der Waals surface area contributed by atoms with Crippen molar-refractivity contribution < 1.29 is 4.92 Å². The molecule has 0 aromatic heterocycles. The summed E-state index contributed by atoms with van der Waals surface area (Å²) >= 11 is 6.36. The molecule has 0 radical (unpaired) electrons. The third kappa shape index (κ3) is 2.79. The highest BCUT2D eigenvalue weighted by molar-refractivity contribution is 6.33. The molecule has 6 heteroatoms. The fourth-order valence-corrected chi connectivity index (χ4v) is 4.46. The van der Waals surface area contributed by atoms with Crippen LogP contribution in [0.1, 0.15) is 24.8 Å². The average Bonchev–Trinajstić information content (AvgIpc) is 2.46. The Labute approximate surface area is 136 Å². The third-order valence-electron chi connectivity index (χ3n) is 5.11. The van der Waals surface area contributed by atoms with Gasteiger partial charge in [0.25, 0.3) is 5.69 Å². The molecule has 2 aliphatic rings. The van der Waals surface area contributed by atoms with Gasteiger partial charge in [-0.05, 0) is 51.3 Å². The molecule has 0 spiro atoms. The Morgan fingerprint density at radius 3 is 2.77 bits per heavy atom. The maximum atomic E-state index is 10.9. The summed E-state index contributed by atoms with van der Waals surface area (Å²) in [4.78, 5) is 15.4. The van der Waals surface area contributed by atoms with Gasteiger partial charge in [0.1, 0.15) is 0 Å². The second-order valence-corrected chi connectivity index (χ2v) is 6.94. The second-order valence-electron chi connectivity index (χ2n) is 6.54. The molecule has 1 aromatic rings. The normalized spacial score (nSPS) is 25.9. The average molecular weight is 324 g/mol. The highest BCUT2D eigenvalue weighted by Crippen LogP contribution is 2.38. The molecule has 0 amide bonds. The topological polar surface area (TPSA) is 49.6 Å². The molecule has 2 fully saturated rings. The van der Waals surface area contributed by atoms with Crippen molar-refractivity contribution in [1.29, 1.82) is 0 Å². The van der Waals surface area contributed by atoms with Crippen LogP contribution in [-0.2, 0) is 0 Å². The molecule has 1 aromatic carbocycles. The first-order valence-electron chi connectivity index (χ1n) is 7.87. The van der Waals surface area contributed by atoms with E-state index in [0.29, 0.717) is 17.0 Å². The summed E-state index contributed by atoms with van der Waals surface area (Å²) in [5.74, 6) is 0.665. The number of fused-ring (bicyclic) bond motifs is 1. The summed E-state index contributed by atoms with van der Waals surface area (Å²) in [5, 5.41) is 11.4. The molecule has 2 aliphatic heterocycles. The van der Waals surface area contributed by atoms with Crippen LogP contribution in [0.25, 0.3) is 0 Å². The SMILES string of the molecule is Cc1cc([N+](=O)[O-])cc(Cl)c1N1CCC2C(CCCN2C)C1. The van der Waals surface area contributed by atoms with Crippen LogP contribution in [0.2, 0.25) is 5.02 Å². The van der Waals surface area contributed by atoms with Crippen molar-refractivity contribution in [3.8, 4) is 0 Å². The van der Waals surface area contributed by atoms with Crippen LogP contribution >= 0.6 is 11.6 Å². The van der Waals surface area contributed by atoms with E-state index in [1.54, 1.807) is 6.07 Å². The Morgan fingerprint density at radius 1 is 1.32 bits per heavy atom. The van der Waals surface area contributed by atoms with Gasteiger partial charge in [-0.2, -0.15) is 0 Å². The van der Waals surface area contributed by atoms with Crippen LogP contribution in [0.5, 0.6) is 0 Å². The number of rotatable bonds is 2. The minimum absolute atomic E-state index is 0.0681. The zero-order valence-corrected chi connectivity index (χ0v) is 13.8. The third-order valence-corrected chi connectivity index (χ3v) is 5.40. The molecule has 0 N–H and O–H groups in total. The van der Waals surface area contributed by atoms with Crippen molar-refractivity contribution in [3.63, 3.8) is 0 Å². The summed E-state index contributed by atoms with van der Waals surface area (Å²) in [7, 11) is 2.22. The Balaban J connectivity index is 1.85. The minimum atomic E-state index is -0.384. The molecule has 5 nitrogen and oxygen atoms in total. The van der Waals surface area contributed by atoms with E-state index in [9.17, 15) is 10.1 Å². The molecule has 0 saturated carbocycles. The first kappa shape index (κ1) is 15.6. The minimum Gasteiger partial charge on any atom is -0.370 e. The molecule has 0 aliphatic carbocycles. The van der Waals surface area contributed by atoms with Crippen molar-refractivity contribution in [2.24, 2.45) is 5.92 Å². The number of aryl methyl sites for hydroxylation is 1. The lowest BCUT2D eigenvalue weighted by Gasteiger charge is -2.47. The van der Waals surface area contributed by atoms with Gasteiger partial charge in [0, 0.05) is 31.3 Å². The number of piperidine rings is 2. The Bertz CT molecular complexity index is 570. The number of anilines is 1. The number of hydrogen-bond acceptors (Lipinski definition) is 4. The smallest absolute Gasteiger partial charge is 0.271 e. The van der Waals surface area contributed by atoms with Gasteiger partial charge in [-0.15, -0.1) is 0 Å². The number of nitro groups is 1. The number of benzene rings is 1. The highest BCUT2D eigenvalue weighted by Gasteiger charge is 2.35. The molecular formula is C16H22ClN3O2. The van der Waals surface area contributed by atoms with E-state index in [0.717, 1.165) is 30.8 Å². The van der Waals surface area contributed by atoms with Gasteiger partial charge < -0.3 is 9.80 Å². The van der Waals surface area contributed by atoms with Gasteiger partial charge in [0.2, 0.25) is 0 Å². The van der Waals surface area contributed by atoms with Crippen LogP contribution in [0.3, 0.4) is 0 Å². The monoisotopic (exact) mass is 323 g/mol. The highest BCUT2D eigenvalue weighted by atomic mass is 35.5. The van der Waals surface area contributed by atoms with Gasteiger partial charge in [0.15, 0.2) is 0 Å². The lowest BCUT2D eigenvalue weighted by atomic mass is 9.84. The standard InChI is InChI=1S/C16H22ClN3O2/c1-11-8-13(20(21)22)9-14(17)16(11)19-7-5-15-12(10-19)4-3-6-18(15)2/h8-9,12,15H,3-7,10H2,1-2H3. The van der Waals surface area contributed by atoms with Crippen LogP contribution in [0, 0.1) is 23.0 Å². The fraction of sp³-hybridized carbons (Fsp3) is 0.625. The maximum Gasteiger partial charge on any atom is 0.271 e. The molecule has 2 saturated heterocycles. The molecule has 0 bridgehead atoms. The van der Waals surface area contributed by atoms with Crippen molar-refractivity contribution in [2.75, 3.05) is 31.6 Å². The van der Waals surface area contributed by atoms with E-state index in [4.69, 9.17) is 11.6 Å². The first-order chi connectivity index (χ1) is 10.5. The molecule has 3 rings (SSSR count). The number of non-ortho nitro benzene ring substituents is 1. The molecular weight excluding hydrogens is 302 g/mol. The lowest BCUT2D eigenvalue weighted by molar-refractivity contribution is -0.384. The zero-order chi connectivity index (χ0) is 15.9. The Morgan fingerprint density at radius 2 is 2.09 bits per heavy atom.